The molecule has 0 radical (unpaired) electrons. The predicted molar refractivity (Wildman–Crippen MR) is 83.3 cm³/mol. The van der Waals surface area contributed by atoms with E-state index in [1.54, 1.807) is 12.1 Å². The molecule has 24 heavy (non-hydrogen) atoms. The van der Waals surface area contributed by atoms with Crippen molar-refractivity contribution < 1.29 is 22.9 Å². The molecule has 0 saturated carbocycles. The van der Waals surface area contributed by atoms with E-state index in [2.05, 4.69) is 0 Å². The molecule has 8 nitrogen and oxygen atoms in total. The van der Waals surface area contributed by atoms with Crippen LogP contribution >= 0.6 is 0 Å². The van der Waals surface area contributed by atoms with Gasteiger partial charge >= 0.3 is 0 Å². The van der Waals surface area contributed by atoms with Gasteiger partial charge in [-0.1, -0.05) is 23.8 Å². The first-order valence-electron chi connectivity index (χ1n) is 7.27. The minimum absolute atomic E-state index is 0.0358. The summed E-state index contributed by atoms with van der Waals surface area (Å²) in [5, 5.41) is 11.3. The Hall–Kier alpha value is -2.26. The predicted octanol–water partition coefficient (Wildman–Crippen LogP) is 0.885. The van der Waals surface area contributed by atoms with Crippen molar-refractivity contribution >= 4 is 15.9 Å². The van der Waals surface area contributed by atoms with Crippen molar-refractivity contribution in [3.05, 3.63) is 52.1 Å². The van der Waals surface area contributed by atoms with Crippen LogP contribution in [0.2, 0.25) is 0 Å². The SMILES string of the molecule is CO[C@]12C=C[C@H](C[C@H]1[N+](=O)[O-])N(S(=O)(=O)c1ccc(C)cc1)C2=O. The lowest BCUT2D eigenvalue weighted by Crippen LogP contribution is -2.69. The number of amides is 1. The van der Waals surface area contributed by atoms with Crippen LogP contribution in [0.3, 0.4) is 0 Å². The zero-order valence-electron chi connectivity index (χ0n) is 13.1. The molecular formula is C15H16N2O6S. The largest absolute Gasteiger partial charge is 0.358 e. The Bertz CT molecular complexity index is 832. The molecule has 0 N–H and O–H groups in total. The molecule has 128 valence electrons. The van der Waals surface area contributed by atoms with E-state index in [9.17, 15) is 23.3 Å². The normalized spacial score (nSPS) is 29.1. The van der Waals surface area contributed by atoms with E-state index in [1.807, 2.05) is 6.92 Å². The number of rotatable bonds is 4. The maximum atomic E-state index is 12.9. The number of ether oxygens (including phenoxy) is 1. The number of hydrogen-bond donors (Lipinski definition) is 0. The molecule has 9 heteroatoms. The molecule has 2 heterocycles. The topological polar surface area (TPSA) is 107 Å². The van der Waals surface area contributed by atoms with Crippen molar-refractivity contribution in [2.75, 3.05) is 7.11 Å². The summed E-state index contributed by atoms with van der Waals surface area (Å²) in [7, 11) is -2.96. The van der Waals surface area contributed by atoms with Gasteiger partial charge in [-0.05, 0) is 25.1 Å². The van der Waals surface area contributed by atoms with Crippen LogP contribution in [0.15, 0.2) is 41.3 Å². The van der Waals surface area contributed by atoms with Gasteiger partial charge in [0.15, 0.2) is 0 Å². The third kappa shape index (κ3) is 2.15. The van der Waals surface area contributed by atoms with Crippen LogP contribution in [-0.2, 0) is 19.6 Å². The van der Waals surface area contributed by atoms with Gasteiger partial charge in [0.2, 0.25) is 5.60 Å². The monoisotopic (exact) mass is 352 g/mol. The van der Waals surface area contributed by atoms with E-state index >= 15 is 0 Å². The van der Waals surface area contributed by atoms with E-state index in [1.165, 1.54) is 31.4 Å². The molecule has 2 bridgehead atoms. The summed E-state index contributed by atoms with van der Waals surface area (Å²) in [6.45, 7) is 1.81. The van der Waals surface area contributed by atoms with Crippen LogP contribution in [-0.4, -0.2) is 48.3 Å². The second-order valence-electron chi connectivity index (χ2n) is 5.88. The molecule has 1 aliphatic carbocycles. The van der Waals surface area contributed by atoms with Crippen LogP contribution in [0.4, 0.5) is 0 Å². The zero-order chi connectivity index (χ0) is 17.7. The quantitative estimate of drug-likeness (QED) is 0.452. The van der Waals surface area contributed by atoms with Crippen LogP contribution in [0.25, 0.3) is 0 Å². The Morgan fingerprint density at radius 2 is 1.96 bits per heavy atom. The van der Waals surface area contributed by atoms with Gasteiger partial charge in [-0.15, -0.1) is 0 Å². The molecule has 0 spiro atoms. The highest BCUT2D eigenvalue weighted by atomic mass is 32.2. The molecular weight excluding hydrogens is 336 g/mol. The number of benzene rings is 1. The number of methoxy groups -OCH3 is 1. The molecule has 0 aromatic heterocycles. The number of carbonyl (C=O) groups is 1. The summed E-state index contributed by atoms with van der Waals surface area (Å²) in [4.78, 5) is 23.5. The highest BCUT2D eigenvalue weighted by Crippen LogP contribution is 2.41. The Labute approximate surface area is 138 Å². The molecule has 1 saturated heterocycles. The average molecular weight is 352 g/mol. The minimum atomic E-state index is -4.13. The lowest BCUT2D eigenvalue weighted by molar-refractivity contribution is -0.543. The molecule has 2 aliphatic heterocycles. The van der Waals surface area contributed by atoms with Gasteiger partial charge in [0, 0.05) is 18.5 Å². The van der Waals surface area contributed by atoms with Crippen molar-refractivity contribution in [2.45, 2.75) is 35.9 Å². The highest BCUT2D eigenvalue weighted by Gasteiger charge is 2.64. The van der Waals surface area contributed by atoms with Crippen LogP contribution in [0.1, 0.15) is 12.0 Å². The summed E-state index contributed by atoms with van der Waals surface area (Å²) in [6.07, 6.45) is 2.67. The van der Waals surface area contributed by atoms with Gasteiger partial charge in [-0.25, -0.2) is 12.7 Å². The van der Waals surface area contributed by atoms with Gasteiger partial charge in [0.25, 0.3) is 22.0 Å². The fourth-order valence-corrected chi connectivity index (χ4v) is 4.78. The van der Waals surface area contributed by atoms with E-state index < -0.39 is 38.5 Å². The Morgan fingerprint density at radius 3 is 2.50 bits per heavy atom. The number of carbonyl (C=O) groups excluding carboxylic acids is 1. The minimum Gasteiger partial charge on any atom is -0.358 e. The number of nitrogens with zero attached hydrogens (tertiary/aromatic N) is 2. The number of sulfonamides is 1. The van der Waals surface area contributed by atoms with Gasteiger partial charge in [-0.2, -0.15) is 0 Å². The Balaban J connectivity index is 2.09. The van der Waals surface area contributed by atoms with Crippen LogP contribution in [0, 0.1) is 17.0 Å². The Morgan fingerprint density at radius 1 is 1.33 bits per heavy atom. The summed E-state index contributed by atoms with van der Waals surface area (Å²) in [5.41, 5.74) is -1.02. The second kappa shape index (κ2) is 5.38. The first kappa shape index (κ1) is 16.6. The van der Waals surface area contributed by atoms with Gasteiger partial charge in [0.05, 0.1) is 10.9 Å². The third-order valence-electron chi connectivity index (χ3n) is 4.53. The molecule has 3 atom stereocenters. The number of piperidine rings is 1. The fourth-order valence-electron chi connectivity index (χ4n) is 3.20. The van der Waals surface area contributed by atoms with Crippen molar-refractivity contribution in [1.82, 2.24) is 4.31 Å². The van der Waals surface area contributed by atoms with Crippen molar-refractivity contribution in [1.29, 1.82) is 0 Å². The smallest absolute Gasteiger partial charge is 0.280 e. The second-order valence-corrected chi connectivity index (χ2v) is 7.69. The molecule has 0 unspecified atom stereocenters. The molecule has 1 amide bonds. The van der Waals surface area contributed by atoms with Crippen molar-refractivity contribution in [2.24, 2.45) is 0 Å². The third-order valence-corrected chi connectivity index (χ3v) is 6.35. The summed E-state index contributed by atoms with van der Waals surface area (Å²) < 4.78 is 31.6. The van der Waals surface area contributed by atoms with E-state index in [0.717, 1.165) is 5.56 Å². The number of hydrogen-bond acceptors (Lipinski definition) is 6. The molecule has 1 fully saturated rings. The van der Waals surface area contributed by atoms with Crippen molar-refractivity contribution in [3.8, 4) is 0 Å². The zero-order valence-corrected chi connectivity index (χ0v) is 13.9. The lowest BCUT2D eigenvalue weighted by atomic mass is 9.78. The maximum Gasteiger partial charge on any atom is 0.280 e. The summed E-state index contributed by atoms with van der Waals surface area (Å²) >= 11 is 0. The van der Waals surface area contributed by atoms with E-state index in [-0.39, 0.29) is 11.3 Å². The number of aryl methyl sites for hydroxylation is 1. The first-order valence-corrected chi connectivity index (χ1v) is 8.71. The van der Waals surface area contributed by atoms with Gasteiger partial charge < -0.3 is 4.74 Å². The number of fused-ring (bicyclic) bond motifs is 2. The van der Waals surface area contributed by atoms with Gasteiger partial charge in [0.1, 0.15) is 0 Å². The van der Waals surface area contributed by atoms with Gasteiger partial charge in [-0.3, -0.25) is 14.9 Å². The lowest BCUT2D eigenvalue weighted by Gasteiger charge is -2.46. The number of nitro groups is 1. The standard InChI is InChI=1S/C15H16N2O6S/c1-10-3-5-12(6-4-10)24(21,22)16-11-7-8-15(23-2,14(16)18)13(9-11)17(19)20/h3-8,11,13H,9H2,1-2H3/t11-,13-,15-/m1/s1. The van der Waals surface area contributed by atoms with E-state index in [0.29, 0.717) is 4.31 Å². The maximum absolute atomic E-state index is 12.9. The molecule has 4 rings (SSSR count). The fraction of sp³-hybridized carbons (Fsp3) is 0.400. The summed E-state index contributed by atoms with van der Waals surface area (Å²) in [6, 6.07) is 3.87. The Kier molecular flexibility index (Phi) is 3.72. The van der Waals surface area contributed by atoms with Crippen molar-refractivity contribution in [3.63, 3.8) is 0 Å². The highest BCUT2D eigenvalue weighted by molar-refractivity contribution is 7.89. The summed E-state index contributed by atoms with van der Waals surface area (Å²) in [5.74, 6) is -0.925. The van der Waals surface area contributed by atoms with Crippen LogP contribution < -0.4 is 0 Å². The molecule has 1 aromatic rings. The average Bonchev–Trinajstić information content (AvgIpc) is 2.55. The first-order chi connectivity index (χ1) is 11.2. The van der Waals surface area contributed by atoms with E-state index in [4.69, 9.17) is 4.74 Å². The molecule has 1 aromatic carbocycles. The molecule has 3 aliphatic rings. The van der Waals surface area contributed by atoms with Crippen LogP contribution in [0.5, 0.6) is 0 Å².